The van der Waals surface area contributed by atoms with Gasteiger partial charge in [0.15, 0.2) is 0 Å². The summed E-state index contributed by atoms with van der Waals surface area (Å²) < 4.78 is 20.3. The maximum Gasteiger partial charge on any atom is 0.138 e. The van der Waals surface area contributed by atoms with E-state index in [2.05, 4.69) is 21.9 Å². The molecule has 0 radical (unpaired) electrons. The van der Waals surface area contributed by atoms with Gasteiger partial charge in [0.1, 0.15) is 18.0 Å². The summed E-state index contributed by atoms with van der Waals surface area (Å²) in [7, 11) is 0. The minimum Gasteiger partial charge on any atom is -0.379 e. The van der Waals surface area contributed by atoms with Crippen molar-refractivity contribution in [2.45, 2.75) is 32.4 Å². The fourth-order valence-corrected chi connectivity index (χ4v) is 2.92. The molecule has 1 aliphatic heterocycles. The number of benzene rings is 1. The number of aryl methyl sites for hydroxylation is 1. The molecule has 1 aromatic heterocycles. The van der Waals surface area contributed by atoms with Crippen molar-refractivity contribution in [3.8, 4) is 0 Å². The van der Waals surface area contributed by atoms with Crippen molar-refractivity contribution < 1.29 is 9.13 Å². The van der Waals surface area contributed by atoms with E-state index in [9.17, 15) is 4.39 Å². The Hall–Kier alpha value is -1.79. The van der Waals surface area contributed by atoms with Crippen molar-refractivity contribution in [1.29, 1.82) is 0 Å². The van der Waals surface area contributed by atoms with Crippen LogP contribution in [-0.2, 0) is 17.7 Å². The van der Waals surface area contributed by atoms with Gasteiger partial charge in [-0.1, -0.05) is 12.1 Å². The molecule has 0 N–H and O–H groups in total. The van der Waals surface area contributed by atoms with E-state index in [1.165, 1.54) is 12.1 Å². The van der Waals surface area contributed by atoms with Crippen LogP contribution >= 0.6 is 0 Å². The molecule has 5 nitrogen and oxygen atoms in total. The maximum absolute atomic E-state index is 13.0. The van der Waals surface area contributed by atoms with Crippen LogP contribution in [0.4, 0.5) is 4.39 Å². The zero-order chi connectivity index (χ0) is 16.1. The Morgan fingerprint density at radius 1 is 1.22 bits per heavy atom. The van der Waals surface area contributed by atoms with Crippen LogP contribution in [0.25, 0.3) is 0 Å². The normalized spacial score (nSPS) is 17.3. The summed E-state index contributed by atoms with van der Waals surface area (Å²) in [5, 5.41) is 4.30. The summed E-state index contributed by atoms with van der Waals surface area (Å²) in [5.41, 5.74) is 1.03. The average Bonchev–Trinajstić information content (AvgIpc) is 3.02. The van der Waals surface area contributed by atoms with Gasteiger partial charge in [-0.2, -0.15) is 5.10 Å². The number of rotatable bonds is 6. The highest BCUT2D eigenvalue weighted by atomic mass is 19.1. The van der Waals surface area contributed by atoms with Gasteiger partial charge in [-0.05, 0) is 31.0 Å². The Bertz CT molecular complexity index is 607. The predicted molar refractivity (Wildman–Crippen MR) is 85.7 cm³/mol. The van der Waals surface area contributed by atoms with Gasteiger partial charge in [-0.15, -0.1) is 0 Å². The zero-order valence-electron chi connectivity index (χ0n) is 13.5. The molecular weight excluding hydrogens is 295 g/mol. The molecule has 2 heterocycles. The highest BCUT2D eigenvalue weighted by molar-refractivity contribution is 5.16. The fraction of sp³-hybridized carbons (Fsp3) is 0.529. The van der Waals surface area contributed by atoms with Crippen molar-refractivity contribution in [2.24, 2.45) is 0 Å². The number of halogens is 1. The zero-order valence-corrected chi connectivity index (χ0v) is 13.5. The van der Waals surface area contributed by atoms with E-state index in [1.54, 1.807) is 18.5 Å². The number of nitrogens with zero attached hydrogens (tertiary/aromatic N) is 4. The third kappa shape index (κ3) is 4.36. The van der Waals surface area contributed by atoms with Crippen LogP contribution < -0.4 is 0 Å². The summed E-state index contributed by atoms with van der Waals surface area (Å²) in [5.74, 6) is 0.765. The first-order valence-electron chi connectivity index (χ1n) is 8.15. The summed E-state index contributed by atoms with van der Waals surface area (Å²) >= 11 is 0. The first-order valence-corrected chi connectivity index (χ1v) is 8.15. The molecule has 1 aliphatic rings. The van der Waals surface area contributed by atoms with E-state index in [-0.39, 0.29) is 5.82 Å². The van der Waals surface area contributed by atoms with Gasteiger partial charge >= 0.3 is 0 Å². The minimum atomic E-state index is -0.216. The van der Waals surface area contributed by atoms with Crippen molar-refractivity contribution in [3.05, 3.63) is 47.8 Å². The van der Waals surface area contributed by atoms with Gasteiger partial charge in [0, 0.05) is 25.6 Å². The summed E-state index contributed by atoms with van der Waals surface area (Å²) in [6.07, 6.45) is 3.53. The quantitative estimate of drug-likeness (QED) is 0.818. The Labute approximate surface area is 136 Å². The van der Waals surface area contributed by atoms with E-state index >= 15 is 0 Å². The van der Waals surface area contributed by atoms with E-state index < -0.39 is 0 Å². The van der Waals surface area contributed by atoms with Crippen molar-refractivity contribution in [1.82, 2.24) is 19.7 Å². The Kier molecular flexibility index (Phi) is 5.35. The second-order valence-corrected chi connectivity index (χ2v) is 6.00. The molecule has 0 unspecified atom stereocenters. The lowest BCUT2D eigenvalue weighted by molar-refractivity contribution is 0.0186. The van der Waals surface area contributed by atoms with Gasteiger partial charge in [0.05, 0.1) is 19.8 Å². The molecule has 1 fully saturated rings. The molecule has 0 saturated carbocycles. The van der Waals surface area contributed by atoms with Gasteiger partial charge < -0.3 is 4.74 Å². The average molecular weight is 318 g/mol. The summed E-state index contributed by atoms with van der Waals surface area (Å²) in [4.78, 5) is 6.84. The van der Waals surface area contributed by atoms with E-state index in [1.807, 2.05) is 4.68 Å². The van der Waals surface area contributed by atoms with E-state index in [0.717, 1.165) is 50.5 Å². The molecule has 23 heavy (non-hydrogen) atoms. The van der Waals surface area contributed by atoms with Crippen LogP contribution in [0.15, 0.2) is 30.6 Å². The lowest BCUT2D eigenvalue weighted by atomic mass is 10.1. The number of hydrogen-bond acceptors (Lipinski definition) is 4. The van der Waals surface area contributed by atoms with E-state index in [4.69, 9.17) is 4.74 Å². The molecule has 6 heteroatoms. The molecular formula is C17H23FN4O. The van der Waals surface area contributed by atoms with Crippen LogP contribution in [0.5, 0.6) is 0 Å². The number of morpholine rings is 1. The van der Waals surface area contributed by atoms with Crippen LogP contribution in [0.3, 0.4) is 0 Å². The lowest BCUT2D eigenvalue weighted by Gasteiger charge is -2.32. The van der Waals surface area contributed by atoms with Crippen molar-refractivity contribution in [3.63, 3.8) is 0 Å². The Morgan fingerprint density at radius 3 is 2.70 bits per heavy atom. The predicted octanol–water partition coefficient (Wildman–Crippen LogP) is 2.12. The van der Waals surface area contributed by atoms with Crippen molar-refractivity contribution in [2.75, 3.05) is 26.3 Å². The molecule has 1 saturated heterocycles. The highest BCUT2D eigenvalue weighted by Crippen LogP contribution is 2.12. The molecule has 3 rings (SSSR count). The maximum atomic E-state index is 13.0. The van der Waals surface area contributed by atoms with Gasteiger partial charge in [-0.25, -0.2) is 14.1 Å². The second kappa shape index (κ2) is 7.66. The van der Waals surface area contributed by atoms with Crippen LogP contribution in [-0.4, -0.2) is 52.0 Å². The van der Waals surface area contributed by atoms with Gasteiger partial charge in [0.25, 0.3) is 0 Å². The van der Waals surface area contributed by atoms with E-state index in [0.29, 0.717) is 12.6 Å². The largest absolute Gasteiger partial charge is 0.379 e. The van der Waals surface area contributed by atoms with Crippen LogP contribution in [0.2, 0.25) is 0 Å². The first-order chi connectivity index (χ1) is 11.2. The number of hydrogen-bond donors (Lipinski definition) is 0. The Morgan fingerprint density at radius 2 is 1.96 bits per heavy atom. The van der Waals surface area contributed by atoms with Crippen LogP contribution in [0.1, 0.15) is 24.7 Å². The summed E-state index contributed by atoms with van der Waals surface area (Å²) in [6.45, 7) is 6.54. The highest BCUT2D eigenvalue weighted by Gasteiger charge is 2.17. The molecule has 2 aromatic rings. The first kappa shape index (κ1) is 16.1. The molecule has 0 spiro atoms. The van der Waals surface area contributed by atoms with Gasteiger partial charge in [0.2, 0.25) is 0 Å². The molecule has 0 amide bonds. The lowest BCUT2D eigenvalue weighted by Crippen LogP contribution is -2.42. The molecule has 0 aliphatic carbocycles. The number of ether oxygens (including phenoxy) is 1. The second-order valence-electron chi connectivity index (χ2n) is 6.00. The topological polar surface area (TPSA) is 43.2 Å². The van der Waals surface area contributed by atoms with Gasteiger partial charge in [-0.3, -0.25) is 4.90 Å². The third-order valence-corrected chi connectivity index (χ3v) is 4.40. The standard InChI is InChI=1S/C17H23FN4O/c1-14(21-8-10-23-11-9-21)2-7-17-19-13-20-22(17)12-15-3-5-16(18)6-4-15/h3-6,13-14H,2,7-12H2,1H3/t14-/m0/s1. The summed E-state index contributed by atoms with van der Waals surface area (Å²) in [6, 6.07) is 7.04. The smallest absolute Gasteiger partial charge is 0.138 e. The molecule has 124 valence electrons. The third-order valence-electron chi connectivity index (χ3n) is 4.40. The SMILES string of the molecule is C[C@@H](CCc1ncnn1Cc1ccc(F)cc1)N1CCOCC1. The molecule has 0 bridgehead atoms. The minimum absolute atomic E-state index is 0.216. The van der Waals surface area contributed by atoms with Crippen LogP contribution in [0, 0.1) is 5.82 Å². The molecule has 1 aromatic carbocycles. The number of aromatic nitrogens is 3. The molecule has 1 atom stereocenters. The van der Waals surface area contributed by atoms with Crippen molar-refractivity contribution >= 4 is 0 Å². The Balaban J connectivity index is 1.56. The monoisotopic (exact) mass is 318 g/mol. The fourth-order valence-electron chi connectivity index (χ4n) is 2.92.